The van der Waals surface area contributed by atoms with Gasteiger partial charge in [0.05, 0.1) is 18.8 Å². The van der Waals surface area contributed by atoms with Gasteiger partial charge >= 0.3 is 0 Å². The molecule has 2 N–H and O–H groups in total. The maximum Gasteiger partial charge on any atom is 0.0898 e. The Morgan fingerprint density at radius 1 is 1.11 bits per heavy atom. The minimum atomic E-state index is -0.365. The van der Waals surface area contributed by atoms with Gasteiger partial charge < -0.3 is 15.2 Å². The Bertz CT molecular complexity index is 281. The van der Waals surface area contributed by atoms with Gasteiger partial charge in [-0.05, 0) is 70.1 Å². The fraction of sp³-hybridized carbons (Fsp3) is 1.00. The van der Waals surface area contributed by atoms with Gasteiger partial charge in [-0.2, -0.15) is 0 Å². The van der Waals surface area contributed by atoms with Gasteiger partial charge in [-0.25, -0.2) is 0 Å². The van der Waals surface area contributed by atoms with Gasteiger partial charge in [-0.3, -0.25) is 0 Å². The van der Waals surface area contributed by atoms with Crippen molar-refractivity contribution in [2.24, 2.45) is 17.8 Å². The van der Waals surface area contributed by atoms with Crippen molar-refractivity contribution in [2.45, 2.75) is 70.1 Å². The van der Waals surface area contributed by atoms with E-state index in [1.165, 1.54) is 38.5 Å². The van der Waals surface area contributed by atoms with Crippen LogP contribution in [0.15, 0.2) is 0 Å². The molecular weight excluding hydrogens is 238 g/mol. The molecule has 4 aliphatic carbocycles. The van der Waals surface area contributed by atoms with Crippen LogP contribution < -0.4 is 5.32 Å². The number of aliphatic hydroxyl groups is 1. The summed E-state index contributed by atoms with van der Waals surface area (Å²) in [5.74, 6) is 2.88. The monoisotopic (exact) mass is 267 g/mol. The molecule has 4 rings (SSSR count). The van der Waals surface area contributed by atoms with E-state index in [2.05, 4.69) is 5.32 Å². The SMILES string of the molecule is CC(C)OCC(O)CNC12CC3CC(CC(C3)C1)C2. The molecule has 0 aliphatic heterocycles. The Kier molecular flexibility index (Phi) is 3.89. The largest absolute Gasteiger partial charge is 0.389 e. The maximum absolute atomic E-state index is 10.0. The Morgan fingerprint density at radius 3 is 2.11 bits per heavy atom. The molecule has 1 atom stereocenters. The highest BCUT2D eigenvalue weighted by molar-refractivity contribution is 5.06. The van der Waals surface area contributed by atoms with Crippen LogP contribution in [0.2, 0.25) is 0 Å². The summed E-state index contributed by atoms with van der Waals surface area (Å²) >= 11 is 0. The Balaban J connectivity index is 1.49. The summed E-state index contributed by atoms with van der Waals surface area (Å²) < 4.78 is 5.49. The predicted octanol–water partition coefficient (Wildman–Crippen LogP) is 2.33. The summed E-state index contributed by atoms with van der Waals surface area (Å²) in [6.45, 7) is 5.17. The molecule has 4 fully saturated rings. The standard InChI is InChI=1S/C16H29NO2/c1-11(2)19-10-15(18)9-17-16-6-12-3-13(7-16)5-14(4-12)8-16/h11-15,17-18H,3-10H2,1-2H3. The molecule has 110 valence electrons. The van der Waals surface area contributed by atoms with E-state index < -0.39 is 0 Å². The van der Waals surface area contributed by atoms with Crippen molar-refractivity contribution in [3.63, 3.8) is 0 Å². The van der Waals surface area contributed by atoms with E-state index in [1.807, 2.05) is 13.8 Å². The summed E-state index contributed by atoms with van der Waals surface area (Å²) in [5.41, 5.74) is 0.355. The minimum absolute atomic E-state index is 0.203. The van der Waals surface area contributed by atoms with Crippen LogP contribution in [-0.2, 0) is 4.74 Å². The summed E-state index contributed by atoms with van der Waals surface area (Å²) in [5, 5.41) is 13.7. The van der Waals surface area contributed by atoms with Crippen molar-refractivity contribution in [3.8, 4) is 0 Å². The van der Waals surface area contributed by atoms with Gasteiger partial charge in [0.1, 0.15) is 0 Å². The van der Waals surface area contributed by atoms with Crippen molar-refractivity contribution in [1.29, 1.82) is 0 Å². The number of hydrogen-bond donors (Lipinski definition) is 2. The number of rotatable bonds is 6. The number of nitrogens with one attached hydrogen (secondary N) is 1. The third-order valence-corrected chi connectivity index (χ3v) is 5.37. The van der Waals surface area contributed by atoms with Gasteiger partial charge in [0.2, 0.25) is 0 Å². The van der Waals surface area contributed by atoms with Gasteiger partial charge in [0.25, 0.3) is 0 Å². The zero-order chi connectivity index (χ0) is 13.5. The lowest BCUT2D eigenvalue weighted by atomic mass is 9.53. The van der Waals surface area contributed by atoms with Crippen molar-refractivity contribution in [2.75, 3.05) is 13.2 Å². The average molecular weight is 267 g/mol. The molecule has 19 heavy (non-hydrogen) atoms. The molecular formula is C16H29NO2. The molecule has 0 spiro atoms. The van der Waals surface area contributed by atoms with Gasteiger partial charge in [-0.1, -0.05) is 0 Å². The number of ether oxygens (including phenoxy) is 1. The van der Waals surface area contributed by atoms with E-state index in [0.29, 0.717) is 18.7 Å². The lowest BCUT2D eigenvalue weighted by molar-refractivity contribution is -0.0351. The summed E-state index contributed by atoms with van der Waals surface area (Å²) in [4.78, 5) is 0. The third kappa shape index (κ3) is 3.14. The number of hydrogen-bond acceptors (Lipinski definition) is 3. The van der Waals surface area contributed by atoms with Crippen LogP contribution in [0.5, 0.6) is 0 Å². The van der Waals surface area contributed by atoms with Crippen LogP contribution in [0.4, 0.5) is 0 Å². The van der Waals surface area contributed by atoms with E-state index in [-0.39, 0.29) is 12.2 Å². The van der Waals surface area contributed by atoms with Crippen molar-refractivity contribution < 1.29 is 9.84 Å². The molecule has 3 heteroatoms. The zero-order valence-electron chi connectivity index (χ0n) is 12.4. The first-order valence-electron chi connectivity index (χ1n) is 8.09. The van der Waals surface area contributed by atoms with Crippen LogP contribution in [0.25, 0.3) is 0 Å². The van der Waals surface area contributed by atoms with E-state index >= 15 is 0 Å². The molecule has 0 heterocycles. The quantitative estimate of drug-likeness (QED) is 0.776. The van der Waals surface area contributed by atoms with Gasteiger partial charge in [0.15, 0.2) is 0 Å². The van der Waals surface area contributed by atoms with E-state index in [4.69, 9.17) is 4.74 Å². The van der Waals surface area contributed by atoms with Crippen LogP contribution in [-0.4, -0.2) is 36.0 Å². The van der Waals surface area contributed by atoms with Crippen molar-refractivity contribution >= 4 is 0 Å². The topological polar surface area (TPSA) is 41.5 Å². The molecule has 4 aliphatic rings. The molecule has 0 amide bonds. The summed E-state index contributed by atoms with van der Waals surface area (Å²) in [6.07, 6.45) is 8.29. The Hall–Kier alpha value is -0.120. The molecule has 3 nitrogen and oxygen atoms in total. The van der Waals surface area contributed by atoms with Crippen molar-refractivity contribution in [1.82, 2.24) is 5.32 Å². The Morgan fingerprint density at radius 2 is 1.63 bits per heavy atom. The maximum atomic E-state index is 10.0. The highest BCUT2D eigenvalue weighted by Gasteiger charge is 2.50. The van der Waals surface area contributed by atoms with Crippen LogP contribution >= 0.6 is 0 Å². The van der Waals surface area contributed by atoms with Crippen LogP contribution in [0.1, 0.15) is 52.4 Å². The molecule has 0 radical (unpaired) electrons. The van der Waals surface area contributed by atoms with Crippen LogP contribution in [0, 0.1) is 17.8 Å². The normalized spacial score (nSPS) is 42.0. The van der Waals surface area contributed by atoms with Crippen LogP contribution in [0.3, 0.4) is 0 Å². The van der Waals surface area contributed by atoms with E-state index in [9.17, 15) is 5.11 Å². The first-order chi connectivity index (χ1) is 9.05. The number of β-amino-alcohol motifs (C(OH)–C–C–N with tert-alkyl or cyclic N) is 1. The average Bonchev–Trinajstić information content (AvgIpc) is 2.32. The molecule has 0 saturated heterocycles. The fourth-order valence-electron chi connectivity index (χ4n) is 5.02. The fourth-order valence-corrected chi connectivity index (χ4v) is 5.02. The highest BCUT2D eigenvalue weighted by atomic mass is 16.5. The summed E-state index contributed by atoms with van der Waals surface area (Å²) in [6, 6.07) is 0. The molecule has 0 aromatic rings. The molecule has 4 saturated carbocycles. The minimum Gasteiger partial charge on any atom is -0.389 e. The lowest BCUT2D eigenvalue weighted by Crippen LogP contribution is -2.59. The number of aliphatic hydroxyl groups excluding tert-OH is 1. The van der Waals surface area contributed by atoms with E-state index in [0.717, 1.165) is 17.8 Å². The van der Waals surface area contributed by atoms with Gasteiger partial charge in [-0.15, -0.1) is 0 Å². The molecule has 4 bridgehead atoms. The second-order valence-corrected chi connectivity index (χ2v) is 7.61. The van der Waals surface area contributed by atoms with E-state index in [1.54, 1.807) is 0 Å². The molecule has 1 unspecified atom stereocenters. The predicted molar refractivity (Wildman–Crippen MR) is 76.0 cm³/mol. The van der Waals surface area contributed by atoms with Gasteiger partial charge in [0, 0.05) is 12.1 Å². The Labute approximate surface area is 117 Å². The third-order valence-electron chi connectivity index (χ3n) is 5.37. The smallest absolute Gasteiger partial charge is 0.0898 e. The second kappa shape index (κ2) is 5.34. The molecule has 0 aromatic carbocycles. The first kappa shape index (κ1) is 13.8. The second-order valence-electron chi connectivity index (χ2n) is 7.61. The highest BCUT2D eigenvalue weighted by Crippen LogP contribution is 2.55. The first-order valence-corrected chi connectivity index (χ1v) is 8.09. The van der Waals surface area contributed by atoms with Crippen molar-refractivity contribution in [3.05, 3.63) is 0 Å². The lowest BCUT2D eigenvalue weighted by Gasteiger charge is -2.57. The molecule has 0 aromatic heterocycles. The zero-order valence-corrected chi connectivity index (χ0v) is 12.4. The summed E-state index contributed by atoms with van der Waals surface area (Å²) in [7, 11) is 0.